The van der Waals surface area contributed by atoms with Gasteiger partial charge in [0, 0.05) is 11.1 Å². The first-order chi connectivity index (χ1) is 7.82. The van der Waals surface area contributed by atoms with Gasteiger partial charge >= 0.3 is 7.60 Å². The van der Waals surface area contributed by atoms with E-state index in [1.807, 2.05) is 0 Å². The highest BCUT2D eigenvalue weighted by atomic mass is 31.2. The van der Waals surface area contributed by atoms with E-state index < -0.39 is 12.5 Å². The van der Waals surface area contributed by atoms with E-state index >= 15 is 0 Å². The van der Waals surface area contributed by atoms with Crippen LogP contribution in [0.1, 0.15) is 25.0 Å². The molecule has 1 rings (SSSR count). The summed E-state index contributed by atoms with van der Waals surface area (Å²) in [6.07, 6.45) is 0.662. The number of benzene rings is 1. The van der Waals surface area contributed by atoms with Crippen LogP contribution >= 0.6 is 7.60 Å². The molecule has 0 saturated heterocycles. The quantitative estimate of drug-likeness (QED) is 0.485. The molecular weight excluding hydrogens is 245 g/mol. The van der Waals surface area contributed by atoms with Crippen molar-refractivity contribution in [3.63, 3.8) is 0 Å². The molecule has 0 aromatic heterocycles. The molecule has 0 aliphatic rings. The second kappa shape index (κ2) is 4.96. The maximum atomic E-state index is 11.3. The Morgan fingerprint density at radius 1 is 1.29 bits per heavy atom. The average Bonchev–Trinajstić information content (AvgIpc) is 2.25. The van der Waals surface area contributed by atoms with Gasteiger partial charge in [0.25, 0.3) is 5.69 Å². The number of nitrogens with zero attached hydrogens (tertiary/aromatic N) is 1. The Bertz CT molecular complexity index is 494. The number of hydrogen-bond acceptors (Lipinski definition) is 3. The lowest BCUT2D eigenvalue weighted by atomic mass is 10.0. The van der Waals surface area contributed by atoms with Crippen molar-refractivity contribution in [1.29, 1.82) is 0 Å². The Morgan fingerprint density at radius 3 is 2.24 bits per heavy atom. The molecule has 0 bridgehead atoms. The molecule has 7 heteroatoms. The van der Waals surface area contributed by atoms with Gasteiger partial charge in [-0.05, 0) is 18.9 Å². The van der Waals surface area contributed by atoms with Crippen molar-refractivity contribution >= 4 is 18.6 Å². The van der Waals surface area contributed by atoms with Crippen LogP contribution in [0.4, 0.5) is 5.69 Å². The predicted octanol–water partition coefficient (Wildman–Crippen LogP) is 1.52. The van der Waals surface area contributed by atoms with Crippen molar-refractivity contribution in [2.45, 2.75) is 26.7 Å². The van der Waals surface area contributed by atoms with Crippen LogP contribution in [-0.4, -0.2) is 14.7 Å². The van der Waals surface area contributed by atoms with Gasteiger partial charge in [-0.1, -0.05) is 19.9 Å². The van der Waals surface area contributed by atoms with E-state index in [4.69, 9.17) is 9.79 Å². The highest BCUT2D eigenvalue weighted by Gasteiger charge is 2.28. The van der Waals surface area contributed by atoms with E-state index in [0.717, 1.165) is 0 Å². The molecule has 0 aliphatic heterocycles. The highest BCUT2D eigenvalue weighted by molar-refractivity contribution is 7.60. The summed E-state index contributed by atoms with van der Waals surface area (Å²) >= 11 is 0. The van der Waals surface area contributed by atoms with Crippen LogP contribution in [-0.2, 0) is 17.4 Å². The highest BCUT2D eigenvalue weighted by Crippen LogP contribution is 2.38. The molecule has 0 fully saturated rings. The van der Waals surface area contributed by atoms with Crippen molar-refractivity contribution in [2.24, 2.45) is 0 Å². The molecule has 94 valence electrons. The molecule has 0 saturated carbocycles. The summed E-state index contributed by atoms with van der Waals surface area (Å²) < 4.78 is 11.3. The largest absolute Gasteiger partial charge is 0.356 e. The third-order valence-corrected chi connectivity index (χ3v) is 3.62. The number of nitro benzene ring substituents is 1. The summed E-state index contributed by atoms with van der Waals surface area (Å²) in [4.78, 5) is 28.7. The van der Waals surface area contributed by atoms with Crippen molar-refractivity contribution in [2.75, 3.05) is 0 Å². The van der Waals surface area contributed by atoms with Gasteiger partial charge in [0.05, 0.1) is 10.2 Å². The van der Waals surface area contributed by atoms with Gasteiger partial charge in [-0.25, -0.2) is 0 Å². The number of rotatable bonds is 4. The first-order valence-electron chi connectivity index (χ1n) is 5.18. The molecule has 17 heavy (non-hydrogen) atoms. The molecule has 1 aromatic carbocycles. The predicted molar refractivity (Wildman–Crippen MR) is 63.5 cm³/mol. The molecule has 0 amide bonds. The fourth-order valence-corrected chi connectivity index (χ4v) is 2.69. The second-order valence-corrected chi connectivity index (χ2v) is 5.15. The van der Waals surface area contributed by atoms with Gasteiger partial charge in [0.2, 0.25) is 0 Å². The van der Waals surface area contributed by atoms with E-state index in [1.165, 1.54) is 12.1 Å². The van der Waals surface area contributed by atoms with Crippen molar-refractivity contribution in [3.05, 3.63) is 33.4 Å². The maximum Gasteiger partial charge on any atom is 0.356 e. The van der Waals surface area contributed by atoms with Gasteiger partial charge in [0.15, 0.2) is 0 Å². The Balaban J connectivity index is 3.64. The first-order valence-corrected chi connectivity index (χ1v) is 6.79. The van der Waals surface area contributed by atoms with Crippen LogP contribution in [0.15, 0.2) is 12.1 Å². The molecule has 6 nitrogen and oxygen atoms in total. The maximum absolute atomic E-state index is 11.3. The van der Waals surface area contributed by atoms with Crippen LogP contribution in [0.3, 0.4) is 0 Å². The number of aryl methyl sites for hydroxylation is 1. The topological polar surface area (TPSA) is 101 Å². The molecule has 0 atom stereocenters. The lowest BCUT2D eigenvalue weighted by Gasteiger charge is -2.12. The fraction of sp³-hybridized carbons (Fsp3) is 0.400. The zero-order valence-electron chi connectivity index (χ0n) is 9.58. The summed E-state index contributed by atoms with van der Waals surface area (Å²) in [7, 11) is -4.47. The van der Waals surface area contributed by atoms with Crippen LogP contribution in [0.25, 0.3) is 0 Å². The van der Waals surface area contributed by atoms with Crippen LogP contribution in [0.2, 0.25) is 0 Å². The van der Waals surface area contributed by atoms with E-state index in [2.05, 4.69) is 0 Å². The zero-order chi connectivity index (χ0) is 13.2. The van der Waals surface area contributed by atoms with Crippen LogP contribution in [0.5, 0.6) is 0 Å². The molecule has 0 aliphatic carbocycles. The van der Waals surface area contributed by atoms with E-state index in [9.17, 15) is 14.7 Å². The smallest absolute Gasteiger partial charge is 0.321 e. The Kier molecular flexibility index (Phi) is 4.03. The molecular formula is C10H14NO5P. The average molecular weight is 259 g/mol. The van der Waals surface area contributed by atoms with Crippen molar-refractivity contribution in [3.8, 4) is 0 Å². The summed E-state index contributed by atoms with van der Waals surface area (Å²) in [5, 5.41) is 10.7. The normalized spacial score (nSPS) is 11.5. The van der Waals surface area contributed by atoms with E-state index in [0.29, 0.717) is 12.0 Å². The number of hydrogen-bond donors (Lipinski definition) is 2. The summed E-state index contributed by atoms with van der Waals surface area (Å²) in [6.45, 7) is 3.40. The molecule has 0 heterocycles. The van der Waals surface area contributed by atoms with Gasteiger partial charge in [-0.3, -0.25) is 14.7 Å². The first kappa shape index (κ1) is 13.8. The minimum atomic E-state index is -4.47. The SMILES string of the molecule is CCc1ccc(P(=O)(O)O)c(CC)c1[N+](=O)[O-]. The van der Waals surface area contributed by atoms with Gasteiger partial charge < -0.3 is 9.79 Å². The van der Waals surface area contributed by atoms with Crippen LogP contribution < -0.4 is 5.30 Å². The third kappa shape index (κ3) is 2.72. The third-order valence-electron chi connectivity index (χ3n) is 2.57. The standard InChI is InChI=1S/C10H14NO5P/c1-3-7-5-6-9(17(14,15)16)8(4-2)10(7)11(12)13/h5-6H,3-4H2,1-2H3,(H2,14,15,16). The Morgan fingerprint density at radius 2 is 1.88 bits per heavy atom. The van der Waals surface area contributed by atoms with E-state index in [1.54, 1.807) is 13.8 Å². The summed E-state index contributed by atoms with van der Waals surface area (Å²) in [5.41, 5.74) is 0.447. The Labute approximate surface area is 98.6 Å². The lowest BCUT2D eigenvalue weighted by molar-refractivity contribution is -0.386. The lowest BCUT2D eigenvalue weighted by Crippen LogP contribution is -2.14. The minimum Gasteiger partial charge on any atom is -0.321 e. The van der Waals surface area contributed by atoms with Gasteiger partial charge in [-0.2, -0.15) is 0 Å². The summed E-state index contributed by atoms with van der Waals surface area (Å²) in [5.74, 6) is 0. The molecule has 1 aromatic rings. The van der Waals surface area contributed by atoms with Crippen LogP contribution in [0, 0.1) is 10.1 Å². The van der Waals surface area contributed by atoms with Crippen molar-refractivity contribution < 1.29 is 19.3 Å². The minimum absolute atomic E-state index is 0.127. The molecule has 0 radical (unpaired) electrons. The molecule has 2 N–H and O–H groups in total. The monoisotopic (exact) mass is 259 g/mol. The Hall–Kier alpha value is -1.23. The van der Waals surface area contributed by atoms with Gasteiger partial charge in [-0.15, -0.1) is 0 Å². The number of nitro groups is 1. The van der Waals surface area contributed by atoms with Crippen molar-refractivity contribution in [1.82, 2.24) is 0 Å². The van der Waals surface area contributed by atoms with Gasteiger partial charge in [0.1, 0.15) is 0 Å². The second-order valence-electron chi connectivity index (χ2n) is 3.58. The molecule has 0 spiro atoms. The zero-order valence-corrected chi connectivity index (χ0v) is 10.5. The summed E-state index contributed by atoms with van der Waals surface area (Å²) in [6, 6.07) is 2.69. The van der Waals surface area contributed by atoms with E-state index in [-0.39, 0.29) is 23.0 Å². The molecule has 0 unspecified atom stereocenters. The fourth-order valence-electron chi connectivity index (χ4n) is 1.81.